The predicted molar refractivity (Wildman–Crippen MR) is 129 cm³/mol. The van der Waals surface area contributed by atoms with Gasteiger partial charge in [-0.1, -0.05) is 6.92 Å². The number of rotatable bonds is 9. The summed E-state index contributed by atoms with van der Waals surface area (Å²) < 4.78 is 0. The van der Waals surface area contributed by atoms with Crippen molar-refractivity contribution in [2.75, 3.05) is 34.8 Å². The van der Waals surface area contributed by atoms with Crippen molar-refractivity contribution in [2.24, 2.45) is 5.92 Å². The Balaban J connectivity index is 0.00000408. The number of hydrogen-bond acceptors (Lipinski definition) is 9. The summed E-state index contributed by atoms with van der Waals surface area (Å²) in [5.74, 6) is -3.56. The number of anilines is 4. The second-order valence-electron chi connectivity index (χ2n) is 7.69. The maximum absolute atomic E-state index is 12.4. The molecule has 2 heterocycles. The van der Waals surface area contributed by atoms with Crippen LogP contribution in [0.3, 0.4) is 0 Å². The van der Waals surface area contributed by atoms with Gasteiger partial charge in [-0.2, -0.15) is 4.98 Å². The Morgan fingerprint density at radius 1 is 1.21 bits per heavy atom. The van der Waals surface area contributed by atoms with Crippen LogP contribution in [-0.4, -0.2) is 101 Å². The van der Waals surface area contributed by atoms with E-state index < -0.39 is 29.8 Å². The van der Waals surface area contributed by atoms with E-state index in [2.05, 4.69) is 31.2 Å². The number of H-pyrrole nitrogens is 1. The van der Waals surface area contributed by atoms with Crippen LogP contribution in [0.4, 0.5) is 23.1 Å². The molecule has 0 bridgehead atoms. The number of aromatic amines is 1. The minimum absolute atomic E-state index is 0. The monoisotopic (exact) mass is 501 g/mol. The molecule has 1 aromatic heterocycles. The predicted octanol–water partition coefficient (Wildman–Crippen LogP) is -0.952. The van der Waals surface area contributed by atoms with Crippen LogP contribution in [0.2, 0.25) is 0 Å². The van der Waals surface area contributed by atoms with Crippen LogP contribution in [-0.2, 0) is 9.59 Å². The molecule has 1 aliphatic rings. The van der Waals surface area contributed by atoms with Gasteiger partial charge in [0, 0.05) is 24.3 Å². The molecule has 1 amide bonds. The third kappa shape index (κ3) is 6.98. The maximum atomic E-state index is 12.4. The van der Waals surface area contributed by atoms with Crippen LogP contribution in [0.1, 0.15) is 23.7 Å². The van der Waals surface area contributed by atoms with Crippen LogP contribution in [0.15, 0.2) is 29.1 Å². The van der Waals surface area contributed by atoms with Crippen molar-refractivity contribution in [3.63, 3.8) is 0 Å². The number of nitrogen functional groups attached to an aromatic ring is 1. The first-order valence-electron chi connectivity index (χ1n) is 10.1. The van der Waals surface area contributed by atoms with Crippen molar-refractivity contribution < 1.29 is 24.6 Å². The van der Waals surface area contributed by atoms with Gasteiger partial charge in [-0.25, -0.2) is 4.79 Å². The van der Waals surface area contributed by atoms with E-state index in [1.54, 1.807) is 12.1 Å². The second-order valence-corrected chi connectivity index (χ2v) is 7.69. The molecule has 0 radical (unpaired) electrons. The van der Waals surface area contributed by atoms with Crippen molar-refractivity contribution >= 4 is 78.7 Å². The number of nitrogens with one attached hydrogen (secondary N) is 5. The van der Waals surface area contributed by atoms with Gasteiger partial charge in [0.15, 0.2) is 5.82 Å². The number of amides is 1. The first kappa shape index (κ1) is 27.2. The van der Waals surface area contributed by atoms with E-state index in [9.17, 15) is 24.3 Å². The van der Waals surface area contributed by atoms with Gasteiger partial charge in [0.2, 0.25) is 5.95 Å². The molecule has 0 spiro atoms. The number of nitrogens with two attached hydrogens (primary N) is 1. The van der Waals surface area contributed by atoms with Gasteiger partial charge in [-0.05, 0) is 30.7 Å². The molecule has 2 aromatic rings. The molecule has 14 heteroatoms. The Bertz CT molecular complexity index is 1110. The van der Waals surface area contributed by atoms with E-state index in [0.29, 0.717) is 30.3 Å². The number of benzene rings is 1. The Morgan fingerprint density at radius 2 is 1.88 bits per heavy atom. The average Bonchev–Trinajstić information content (AvgIpc) is 2.77. The summed E-state index contributed by atoms with van der Waals surface area (Å²) in [6, 6.07) is 4.92. The zero-order valence-corrected chi connectivity index (χ0v) is 17.7. The summed E-state index contributed by atoms with van der Waals surface area (Å²) in [6.07, 6.45) is -0.230. The molecule has 0 saturated heterocycles. The number of carbonyl (C=O) groups is 3. The molecule has 2 unspecified atom stereocenters. The molecule has 34 heavy (non-hydrogen) atoms. The molecule has 0 saturated carbocycles. The van der Waals surface area contributed by atoms with Crippen LogP contribution >= 0.6 is 0 Å². The van der Waals surface area contributed by atoms with Gasteiger partial charge in [0.25, 0.3) is 11.5 Å². The molecular formula is C20H27CaN7O6. The van der Waals surface area contributed by atoms with Crippen LogP contribution < -0.4 is 32.6 Å². The van der Waals surface area contributed by atoms with E-state index in [-0.39, 0.29) is 67.3 Å². The van der Waals surface area contributed by atoms with Crippen molar-refractivity contribution in [2.45, 2.75) is 25.4 Å². The van der Waals surface area contributed by atoms with Gasteiger partial charge in [0.05, 0.1) is 12.0 Å². The molecule has 1 aliphatic heterocycles. The van der Waals surface area contributed by atoms with Crippen molar-refractivity contribution in [3.8, 4) is 0 Å². The number of carboxylic acids is 2. The third-order valence-corrected chi connectivity index (χ3v) is 5.12. The van der Waals surface area contributed by atoms with Crippen molar-refractivity contribution in [1.29, 1.82) is 0 Å². The number of carboxylic acid groups (broad SMARTS) is 2. The number of nitrogens with zero attached hydrogens (tertiary/aromatic N) is 1. The van der Waals surface area contributed by atoms with Gasteiger partial charge in [-0.15, -0.1) is 0 Å². The Hall–Kier alpha value is -3.03. The first-order valence-corrected chi connectivity index (χ1v) is 10.1. The van der Waals surface area contributed by atoms with Crippen LogP contribution in [0.25, 0.3) is 0 Å². The number of carbonyl (C=O) groups excluding carboxylic acids is 1. The summed E-state index contributed by atoms with van der Waals surface area (Å²) in [6.45, 7) is 2.33. The van der Waals surface area contributed by atoms with Gasteiger partial charge >= 0.3 is 49.7 Å². The summed E-state index contributed by atoms with van der Waals surface area (Å²) in [5.41, 5.74) is 6.40. The first-order chi connectivity index (χ1) is 15.6. The fourth-order valence-electron chi connectivity index (χ4n) is 3.25. The van der Waals surface area contributed by atoms with Gasteiger partial charge in [0.1, 0.15) is 11.7 Å². The van der Waals surface area contributed by atoms with Gasteiger partial charge < -0.3 is 37.2 Å². The third-order valence-electron chi connectivity index (χ3n) is 5.12. The standard InChI is InChI=1S/C20H25N7O6.Ca.2H/c1-9(18(30)31)6-13(19(32)33)25-16(28)10-2-4-11(5-3-10)22-7-12-8-23-15-14(24-12)17(29)27-20(21)26-15;;;/h2-5,9,12-13,22,24H,6-8H2,1H3,(H,25,28)(H,30,31)(H,32,33)(H4,21,23,26,27,29);;;/t9?,12-,13?;;;/m0.../s1. The van der Waals surface area contributed by atoms with Crippen LogP contribution in [0.5, 0.6) is 0 Å². The molecule has 0 fully saturated rings. The Labute approximate surface area is 223 Å². The average molecular weight is 502 g/mol. The van der Waals surface area contributed by atoms with Crippen LogP contribution in [0, 0.1) is 5.92 Å². The summed E-state index contributed by atoms with van der Waals surface area (Å²) in [4.78, 5) is 53.2. The summed E-state index contributed by atoms with van der Waals surface area (Å²) in [7, 11) is 0. The molecule has 3 atom stereocenters. The fourth-order valence-corrected chi connectivity index (χ4v) is 3.25. The quantitative estimate of drug-likeness (QED) is 0.196. The molecule has 1 aromatic carbocycles. The van der Waals surface area contributed by atoms with E-state index in [1.165, 1.54) is 19.1 Å². The van der Waals surface area contributed by atoms with Gasteiger partial charge in [-0.3, -0.25) is 19.4 Å². The van der Waals surface area contributed by atoms with Crippen molar-refractivity contribution in [1.82, 2.24) is 15.3 Å². The van der Waals surface area contributed by atoms with E-state index in [4.69, 9.17) is 10.8 Å². The zero-order valence-electron chi connectivity index (χ0n) is 17.7. The molecular weight excluding hydrogens is 474 g/mol. The molecule has 180 valence electrons. The molecule has 0 aliphatic carbocycles. The topological polar surface area (TPSA) is 212 Å². The zero-order chi connectivity index (χ0) is 24.1. The van der Waals surface area contributed by atoms with E-state index in [1.807, 2.05) is 0 Å². The molecule has 3 rings (SSSR count). The Kier molecular flexibility index (Phi) is 9.53. The fraction of sp³-hybridized carbons (Fsp3) is 0.350. The van der Waals surface area contributed by atoms with E-state index in [0.717, 1.165) is 0 Å². The second kappa shape index (κ2) is 11.9. The minimum atomic E-state index is -1.32. The normalized spacial score (nSPS) is 15.9. The molecule has 13 nitrogen and oxygen atoms in total. The Morgan fingerprint density at radius 3 is 2.50 bits per heavy atom. The number of fused-ring (bicyclic) bond motifs is 1. The summed E-state index contributed by atoms with van der Waals surface area (Å²) in [5, 5.41) is 29.9. The number of aromatic nitrogens is 2. The summed E-state index contributed by atoms with van der Waals surface area (Å²) >= 11 is 0. The molecule has 9 N–H and O–H groups in total. The van der Waals surface area contributed by atoms with Crippen molar-refractivity contribution in [3.05, 3.63) is 40.2 Å². The number of hydrogen-bond donors (Lipinski definition) is 8. The van der Waals surface area contributed by atoms with E-state index >= 15 is 0 Å². The SMILES string of the molecule is CC(CC(NC(=O)c1ccc(NC[C@H]2CNc3nc(N)[nH]c(=O)c3N2)cc1)C(=O)O)C(=O)O.[CaH2]. The number of aliphatic carboxylic acids is 2.